The number of hydrogen-bond donors (Lipinski definition) is 23. The van der Waals surface area contributed by atoms with Crippen molar-refractivity contribution in [3.05, 3.63) is 29.8 Å². The van der Waals surface area contributed by atoms with Crippen molar-refractivity contribution in [3.8, 4) is 5.75 Å². The molecule has 14 amide bonds. The van der Waals surface area contributed by atoms with Gasteiger partial charge in [-0.05, 0) is 112 Å². The van der Waals surface area contributed by atoms with Crippen LogP contribution in [-0.2, 0) is 92.7 Å². The number of hydrogen-bond acceptors (Lipinski definition) is 24. The Balaban J connectivity index is 3.71. The van der Waals surface area contributed by atoms with Crippen LogP contribution in [0, 0.1) is 17.8 Å². The number of aromatic hydroxyl groups is 1. The van der Waals surface area contributed by atoms with Crippen molar-refractivity contribution in [2.45, 2.75) is 223 Å². The summed E-state index contributed by atoms with van der Waals surface area (Å²) in [7, 11) is 0. The van der Waals surface area contributed by atoms with Crippen LogP contribution in [0.3, 0.4) is 0 Å². The maximum Gasteiger partial charge on any atom is 0.326 e. The van der Waals surface area contributed by atoms with Crippen LogP contribution in [0.5, 0.6) is 5.75 Å². The van der Waals surface area contributed by atoms with Crippen LogP contribution in [0.15, 0.2) is 24.3 Å². The molecule has 41 nitrogen and oxygen atoms in total. The van der Waals surface area contributed by atoms with E-state index < -0.39 is 261 Å². The van der Waals surface area contributed by atoms with Crippen LogP contribution in [0.2, 0.25) is 0 Å². The minimum absolute atomic E-state index is 0.0978. The van der Waals surface area contributed by atoms with Crippen LogP contribution in [0.1, 0.15) is 138 Å². The summed E-state index contributed by atoms with van der Waals surface area (Å²) in [5.41, 5.74) is 22.4. The van der Waals surface area contributed by atoms with Gasteiger partial charge in [0.2, 0.25) is 82.7 Å². The summed E-state index contributed by atoms with van der Waals surface area (Å²) in [6, 6.07) is -17.2. The molecule has 0 radical (unpaired) electrons. The van der Waals surface area contributed by atoms with Gasteiger partial charge in [0.15, 0.2) is 0 Å². The van der Waals surface area contributed by atoms with E-state index in [-0.39, 0.29) is 56.1 Å². The molecule has 0 spiro atoms. The Hall–Kier alpha value is -10.3. The van der Waals surface area contributed by atoms with E-state index in [1.54, 1.807) is 34.0 Å². The quantitative estimate of drug-likeness (QED) is 0.0270. The minimum Gasteiger partial charge on any atom is -0.508 e. The number of primary amides is 2. The number of nitrogens with one attached hydrogen (secondary N) is 12. The Kier molecular flexibility index (Phi) is 43.2. The SMILES string of the molecule is CSCC[C@H](NC(=O)[C@H](CCC(=O)O)NC(=O)[C@H](CC(C)C)NC(=O)[C@H](Cc1ccc(O)cc1)NC(=O)[C@@H](NC(=O)[C@@H](NC(=O)[C@H](CC(N)=O)NC(=O)[C@H](CCCCN)NC(=O)[C@@H](N)CC(=O)O)[C@@H](C)O)C(C)C)C(=O)N[C@@H](CC(N)=O)C(=O)N[C@@H](CO)C(=O)N[C@@H](CC(C)C)C(=O)N[C@@H](CCC(=O)O)C(=O)O. The smallest absolute Gasteiger partial charge is 0.326 e. The predicted molar refractivity (Wildman–Crippen MR) is 383 cm³/mol. The average Bonchev–Trinajstić information content (AvgIpc) is 0.933. The summed E-state index contributed by atoms with van der Waals surface area (Å²) in [6.45, 7) is 9.51. The highest BCUT2D eigenvalue weighted by atomic mass is 32.2. The van der Waals surface area contributed by atoms with Gasteiger partial charge >= 0.3 is 23.9 Å². The summed E-state index contributed by atoms with van der Waals surface area (Å²) in [5, 5.41) is 96.8. The van der Waals surface area contributed by atoms with Gasteiger partial charge in [-0.1, -0.05) is 53.7 Å². The summed E-state index contributed by atoms with van der Waals surface area (Å²) in [6.07, 6.45) is -6.05. The lowest BCUT2D eigenvalue weighted by Crippen LogP contribution is -2.63. The first-order valence-corrected chi connectivity index (χ1v) is 36.0. The number of phenols is 1. The fraction of sp³-hybridized carbons (Fsp3) is 0.636. The summed E-state index contributed by atoms with van der Waals surface area (Å²) in [4.78, 5) is 239. The number of benzene rings is 1. The molecule has 0 heterocycles. The third-order valence-corrected chi connectivity index (χ3v) is 16.6. The zero-order valence-corrected chi connectivity index (χ0v) is 62.2. The molecule has 0 aliphatic rings. The van der Waals surface area contributed by atoms with Gasteiger partial charge in [-0.25, -0.2) is 4.79 Å². The van der Waals surface area contributed by atoms with Gasteiger partial charge in [0.05, 0.1) is 38.0 Å². The first kappa shape index (κ1) is 95.7. The maximum absolute atomic E-state index is 14.7. The minimum atomic E-state index is -1.97. The van der Waals surface area contributed by atoms with Crippen molar-refractivity contribution in [2.24, 2.45) is 40.7 Å². The van der Waals surface area contributed by atoms with Crippen molar-refractivity contribution >= 4 is 118 Å². The molecular weight excluding hydrogens is 1450 g/mol. The number of thioether (sulfide) groups is 1. The predicted octanol–water partition coefficient (Wildman–Crippen LogP) is -6.88. The molecule has 0 aliphatic heterocycles. The largest absolute Gasteiger partial charge is 0.508 e. The number of carbonyl (C=O) groups excluding carboxylic acids is 14. The molecule has 606 valence electrons. The number of carboxylic acids is 4. The highest BCUT2D eigenvalue weighted by Gasteiger charge is 2.40. The van der Waals surface area contributed by atoms with Crippen LogP contribution < -0.4 is 86.7 Å². The number of unbranched alkanes of at least 4 members (excludes halogenated alkanes) is 1. The fourth-order valence-electron chi connectivity index (χ4n) is 10.3. The van der Waals surface area contributed by atoms with Crippen molar-refractivity contribution < 1.29 is 122 Å². The van der Waals surface area contributed by atoms with Crippen LogP contribution >= 0.6 is 11.8 Å². The van der Waals surface area contributed by atoms with E-state index in [4.69, 9.17) is 33.1 Å². The molecule has 27 N–H and O–H groups in total. The first-order chi connectivity index (χ1) is 50.4. The highest BCUT2D eigenvalue weighted by Crippen LogP contribution is 2.16. The third-order valence-electron chi connectivity index (χ3n) is 16.0. The summed E-state index contributed by atoms with van der Waals surface area (Å²) in [5.74, 6) is -23.9. The number of carboxylic acid groups (broad SMARTS) is 4. The topological polar surface area (TPSA) is 697 Å². The van der Waals surface area contributed by atoms with Crippen LogP contribution in [0.25, 0.3) is 0 Å². The van der Waals surface area contributed by atoms with E-state index in [1.165, 1.54) is 49.9 Å². The van der Waals surface area contributed by atoms with Gasteiger partial charge < -0.3 is 122 Å². The van der Waals surface area contributed by atoms with Gasteiger partial charge in [-0.2, -0.15) is 11.8 Å². The van der Waals surface area contributed by atoms with Gasteiger partial charge in [0.1, 0.15) is 78.3 Å². The molecule has 14 atom stereocenters. The van der Waals surface area contributed by atoms with Gasteiger partial charge in [-0.3, -0.25) is 81.5 Å². The second-order valence-electron chi connectivity index (χ2n) is 26.7. The van der Waals surface area contributed by atoms with Gasteiger partial charge in [0.25, 0.3) is 0 Å². The van der Waals surface area contributed by atoms with Crippen molar-refractivity contribution in [1.82, 2.24) is 63.8 Å². The lowest BCUT2D eigenvalue weighted by Gasteiger charge is -2.30. The normalized spacial score (nSPS) is 15.1. The number of aliphatic hydroxyl groups is 2. The van der Waals surface area contributed by atoms with Crippen LogP contribution in [-0.4, -0.2) is 252 Å². The van der Waals surface area contributed by atoms with E-state index in [0.717, 1.165) is 6.92 Å². The number of aliphatic hydroxyl groups excluding tert-OH is 2. The molecule has 0 unspecified atom stereocenters. The molecule has 108 heavy (non-hydrogen) atoms. The number of phenolic OH excluding ortho intramolecular Hbond substituents is 1. The van der Waals surface area contributed by atoms with Crippen molar-refractivity contribution in [2.75, 3.05) is 25.2 Å². The van der Waals surface area contributed by atoms with E-state index in [1.807, 2.05) is 0 Å². The number of rotatable bonds is 53. The molecule has 1 aromatic carbocycles. The lowest BCUT2D eigenvalue weighted by atomic mass is 9.98. The lowest BCUT2D eigenvalue weighted by molar-refractivity contribution is -0.144. The van der Waals surface area contributed by atoms with Gasteiger partial charge in [-0.15, -0.1) is 0 Å². The Labute approximate surface area is 626 Å². The standard InChI is InChI=1S/C66H106N16O25S/c1-30(2)23-41(58(98)72-38(16-18-49(88)89)56(96)73-39(20-22-108-8)57(97)77-44(27-47(69)86)61(101)80-46(29-83)63(103)76-42(24-31(3)4)59(99)74-40(66(106)107)17-19-50(90)91)75-60(100)43(25-34-12-14-35(85)15-13-34)79-64(104)52(32(5)6)81-65(105)53(33(7)84)82-62(102)45(28-48(70)87)78-55(95)37(11-9-10-21-67)71-54(94)36(68)26-51(92)93/h12-15,30-33,36-46,52-53,83-85H,9-11,16-29,67-68H2,1-8H3,(H2,69,86)(H2,70,87)(H,71,94)(H,72,98)(H,73,96)(H,74,99)(H,75,100)(H,76,103)(H,77,97)(H,78,95)(H,79,104)(H,80,101)(H,81,105)(H,82,102)(H,88,89)(H,90,91)(H,92,93)(H,106,107)/t33-,36+,37+,38+,39+,40+,41+,42+,43+,44+,45+,46+,52+,53+/m1/s1. The molecule has 0 fully saturated rings. The fourth-order valence-corrected chi connectivity index (χ4v) is 10.7. The van der Waals surface area contributed by atoms with Crippen molar-refractivity contribution in [3.63, 3.8) is 0 Å². The molecule has 0 saturated heterocycles. The molecule has 42 heteroatoms. The number of nitrogens with two attached hydrogens (primary N) is 4. The molecule has 0 aliphatic carbocycles. The monoisotopic (exact) mass is 1550 g/mol. The van der Waals surface area contributed by atoms with E-state index in [2.05, 4.69) is 63.8 Å². The Bertz CT molecular complexity index is 3290. The molecular formula is C66H106N16O25S. The zero-order chi connectivity index (χ0) is 82.4. The van der Waals surface area contributed by atoms with E-state index >= 15 is 0 Å². The Morgan fingerprint density at radius 2 is 0.778 bits per heavy atom. The Morgan fingerprint density at radius 1 is 0.417 bits per heavy atom. The maximum atomic E-state index is 14.7. The highest BCUT2D eigenvalue weighted by molar-refractivity contribution is 7.98. The second kappa shape index (κ2) is 48.8. The number of amides is 14. The molecule has 0 saturated carbocycles. The van der Waals surface area contributed by atoms with E-state index in [9.17, 15) is 112 Å². The summed E-state index contributed by atoms with van der Waals surface area (Å²) < 4.78 is 0. The van der Waals surface area contributed by atoms with E-state index in [0.29, 0.717) is 12.0 Å². The molecule has 0 aromatic heterocycles. The molecule has 1 rings (SSSR count). The zero-order valence-electron chi connectivity index (χ0n) is 61.3. The Morgan fingerprint density at radius 3 is 1.19 bits per heavy atom. The van der Waals surface area contributed by atoms with Crippen LogP contribution in [0.4, 0.5) is 0 Å². The third kappa shape index (κ3) is 36.8. The first-order valence-electron chi connectivity index (χ1n) is 34.6. The van der Waals surface area contributed by atoms with Gasteiger partial charge in [0, 0.05) is 19.3 Å². The number of aliphatic carboxylic acids is 4. The second-order valence-corrected chi connectivity index (χ2v) is 27.7. The summed E-state index contributed by atoms with van der Waals surface area (Å²) >= 11 is 1.17. The molecule has 0 bridgehead atoms. The number of carbonyl (C=O) groups is 18. The average molecular weight is 1560 g/mol. The molecule has 1 aromatic rings. The van der Waals surface area contributed by atoms with Crippen molar-refractivity contribution in [1.29, 1.82) is 0 Å².